The van der Waals surface area contributed by atoms with Gasteiger partial charge in [-0.2, -0.15) is 5.10 Å². The maximum Gasteiger partial charge on any atom is 0.271 e. The Labute approximate surface area is 206 Å². The van der Waals surface area contributed by atoms with Crippen molar-refractivity contribution in [2.45, 2.75) is 6.54 Å². The first kappa shape index (κ1) is 24.1. The number of nitro groups is 1. The zero-order chi connectivity index (χ0) is 25.3. The van der Waals surface area contributed by atoms with Crippen LogP contribution in [-0.4, -0.2) is 45.8 Å². The van der Waals surface area contributed by atoms with Gasteiger partial charge < -0.3 is 9.47 Å². The largest absolute Gasteiger partial charge is 0.493 e. The molecule has 11 nitrogen and oxygen atoms in total. The number of non-ortho nitro benzene ring substituents is 1. The molecule has 0 atom stereocenters. The maximum atomic E-state index is 12.2. The van der Waals surface area contributed by atoms with Gasteiger partial charge in [0.1, 0.15) is 12.3 Å². The Kier molecular flexibility index (Phi) is 7.61. The van der Waals surface area contributed by atoms with Gasteiger partial charge in [0.05, 0.1) is 31.0 Å². The molecule has 0 unspecified atom stereocenters. The van der Waals surface area contributed by atoms with Crippen LogP contribution in [0.5, 0.6) is 11.5 Å². The van der Waals surface area contributed by atoms with Gasteiger partial charge in [-0.15, -0.1) is 5.10 Å². The number of hydrogen-bond donors (Lipinski definition) is 1. The Balaban J connectivity index is 1.31. The van der Waals surface area contributed by atoms with Crippen molar-refractivity contribution >= 4 is 17.8 Å². The van der Waals surface area contributed by atoms with Gasteiger partial charge in [-0.3, -0.25) is 14.9 Å². The van der Waals surface area contributed by atoms with Crippen molar-refractivity contribution in [3.05, 3.63) is 100 Å². The molecular formula is C25H22N6O5. The van der Waals surface area contributed by atoms with Crippen molar-refractivity contribution in [1.29, 1.82) is 0 Å². The van der Waals surface area contributed by atoms with E-state index in [-0.39, 0.29) is 11.3 Å². The van der Waals surface area contributed by atoms with Crippen LogP contribution in [0.3, 0.4) is 0 Å². The zero-order valence-electron chi connectivity index (χ0n) is 19.3. The van der Waals surface area contributed by atoms with Crippen molar-refractivity contribution < 1.29 is 19.2 Å². The Morgan fingerprint density at radius 3 is 2.61 bits per heavy atom. The fourth-order valence-corrected chi connectivity index (χ4v) is 3.25. The van der Waals surface area contributed by atoms with Gasteiger partial charge in [-0.05, 0) is 35.9 Å². The average Bonchev–Trinajstić information content (AvgIpc) is 3.38. The molecule has 0 spiro atoms. The lowest BCUT2D eigenvalue weighted by Crippen LogP contribution is -2.17. The van der Waals surface area contributed by atoms with Crippen molar-refractivity contribution in [2.75, 3.05) is 13.7 Å². The van der Waals surface area contributed by atoms with Gasteiger partial charge in [0.2, 0.25) is 0 Å². The maximum absolute atomic E-state index is 12.2. The quantitative estimate of drug-likeness (QED) is 0.205. The second kappa shape index (κ2) is 11.4. The molecule has 1 aromatic heterocycles. The number of methoxy groups -OCH3 is 1. The van der Waals surface area contributed by atoms with Crippen LogP contribution in [0.2, 0.25) is 0 Å². The van der Waals surface area contributed by atoms with E-state index >= 15 is 0 Å². The number of carbonyl (C=O) groups is 1. The summed E-state index contributed by atoms with van der Waals surface area (Å²) in [5, 5.41) is 23.0. The topological polar surface area (TPSA) is 134 Å². The minimum absolute atomic E-state index is 0.0947. The molecule has 1 N–H and O–H groups in total. The number of amides is 1. The van der Waals surface area contributed by atoms with E-state index in [1.807, 2.05) is 36.5 Å². The predicted octanol–water partition coefficient (Wildman–Crippen LogP) is 3.70. The summed E-state index contributed by atoms with van der Waals surface area (Å²) in [6, 6.07) is 20.3. The van der Waals surface area contributed by atoms with Crippen LogP contribution in [0, 0.1) is 10.1 Å². The monoisotopic (exact) mass is 486 g/mol. The number of aromatic nitrogens is 3. The summed E-state index contributed by atoms with van der Waals surface area (Å²) in [6.07, 6.45) is 3.32. The molecule has 0 saturated heterocycles. The third kappa shape index (κ3) is 6.08. The highest BCUT2D eigenvalue weighted by molar-refractivity contribution is 5.95. The fourth-order valence-electron chi connectivity index (χ4n) is 3.25. The molecule has 0 aliphatic heterocycles. The van der Waals surface area contributed by atoms with Gasteiger partial charge in [0.15, 0.2) is 11.5 Å². The Morgan fingerprint density at radius 2 is 1.89 bits per heavy atom. The molecular weight excluding hydrogens is 464 g/mol. The molecule has 3 aromatic carbocycles. The van der Waals surface area contributed by atoms with E-state index in [9.17, 15) is 14.9 Å². The van der Waals surface area contributed by atoms with Crippen molar-refractivity contribution in [3.63, 3.8) is 0 Å². The Hall–Kier alpha value is -5.06. The molecule has 1 amide bonds. The van der Waals surface area contributed by atoms with Gasteiger partial charge in [0, 0.05) is 23.3 Å². The smallest absolute Gasteiger partial charge is 0.271 e. The van der Waals surface area contributed by atoms with E-state index in [1.165, 1.54) is 37.6 Å². The number of nitrogens with one attached hydrogen (secondary N) is 1. The van der Waals surface area contributed by atoms with Crippen LogP contribution in [0.15, 0.2) is 84.1 Å². The first-order chi connectivity index (χ1) is 17.5. The van der Waals surface area contributed by atoms with Gasteiger partial charge >= 0.3 is 0 Å². The second-order valence-electron chi connectivity index (χ2n) is 7.49. The molecule has 0 bridgehead atoms. The number of nitrogens with zero attached hydrogens (tertiary/aromatic N) is 5. The van der Waals surface area contributed by atoms with Crippen LogP contribution >= 0.6 is 0 Å². The third-order valence-electron chi connectivity index (χ3n) is 5.09. The number of nitro benzene ring substituents is 1. The highest BCUT2D eigenvalue weighted by Gasteiger charge is 2.09. The van der Waals surface area contributed by atoms with E-state index in [2.05, 4.69) is 20.8 Å². The van der Waals surface area contributed by atoms with E-state index in [0.717, 1.165) is 11.3 Å². The Morgan fingerprint density at radius 1 is 1.11 bits per heavy atom. The lowest BCUT2D eigenvalue weighted by atomic mass is 10.2. The van der Waals surface area contributed by atoms with E-state index in [4.69, 9.17) is 9.47 Å². The van der Waals surface area contributed by atoms with Crippen LogP contribution in [0.4, 0.5) is 5.69 Å². The minimum Gasteiger partial charge on any atom is -0.493 e. The summed E-state index contributed by atoms with van der Waals surface area (Å²) in [5.74, 6) is 0.564. The molecule has 4 rings (SSSR count). The number of hydrogen-bond acceptors (Lipinski definition) is 8. The number of rotatable bonds is 10. The number of hydrazone groups is 1. The first-order valence-electron chi connectivity index (χ1n) is 10.9. The normalized spacial score (nSPS) is 10.8. The molecule has 0 aliphatic rings. The number of benzene rings is 3. The van der Waals surface area contributed by atoms with E-state index < -0.39 is 10.8 Å². The molecule has 36 heavy (non-hydrogen) atoms. The predicted molar refractivity (Wildman–Crippen MR) is 132 cm³/mol. The van der Waals surface area contributed by atoms with Crippen LogP contribution in [0.1, 0.15) is 15.9 Å². The van der Waals surface area contributed by atoms with E-state index in [1.54, 1.807) is 22.9 Å². The summed E-state index contributed by atoms with van der Waals surface area (Å²) in [7, 11) is 1.53. The van der Waals surface area contributed by atoms with Crippen LogP contribution < -0.4 is 14.9 Å². The first-order valence-corrected chi connectivity index (χ1v) is 10.9. The summed E-state index contributed by atoms with van der Waals surface area (Å²) < 4.78 is 13.0. The van der Waals surface area contributed by atoms with Crippen LogP contribution in [0.25, 0.3) is 11.3 Å². The van der Waals surface area contributed by atoms with Crippen LogP contribution in [-0.2, 0) is 6.54 Å². The molecule has 0 fully saturated rings. The molecule has 0 aliphatic carbocycles. The molecule has 182 valence electrons. The molecule has 0 radical (unpaired) electrons. The fraction of sp³-hybridized carbons (Fsp3) is 0.120. The van der Waals surface area contributed by atoms with E-state index in [0.29, 0.717) is 30.2 Å². The van der Waals surface area contributed by atoms with Crippen molar-refractivity contribution in [1.82, 2.24) is 20.4 Å². The highest BCUT2D eigenvalue weighted by Crippen LogP contribution is 2.27. The van der Waals surface area contributed by atoms with Gasteiger partial charge in [0.25, 0.3) is 11.6 Å². The molecule has 0 saturated carbocycles. The number of ether oxygens (including phenoxy) is 2. The SMILES string of the molecule is COc1cc(/C=N/NC(=O)c2ccc([N+](=O)[O-])cc2)ccc1OCCn1cc(-c2ccccc2)nn1. The lowest BCUT2D eigenvalue weighted by Gasteiger charge is -2.11. The zero-order valence-corrected chi connectivity index (χ0v) is 19.3. The molecule has 1 heterocycles. The number of carbonyl (C=O) groups excluding carboxylic acids is 1. The lowest BCUT2D eigenvalue weighted by molar-refractivity contribution is -0.384. The third-order valence-corrected chi connectivity index (χ3v) is 5.09. The van der Waals surface area contributed by atoms with Gasteiger partial charge in [-0.25, -0.2) is 10.1 Å². The van der Waals surface area contributed by atoms with Gasteiger partial charge in [-0.1, -0.05) is 35.5 Å². The summed E-state index contributed by atoms with van der Waals surface area (Å²) in [5.41, 5.74) is 5.00. The minimum atomic E-state index is -0.531. The second-order valence-corrected chi connectivity index (χ2v) is 7.49. The molecule has 11 heteroatoms. The summed E-state index contributed by atoms with van der Waals surface area (Å²) >= 11 is 0. The summed E-state index contributed by atoms with van der Waals surface area (Å²) in [6.45, 7) is 0.855. The summed E-state index contributed by atoms with van der Waals surface area (Å²) in [4.78, 5) is 22.3. The molecule has 4 aromatic rings. The standard InChI is InChI=1S/C25H22N6O5/c1-35-24-15-18(16-26-28-25(32)20-8-10-21(11-9-20)31(33)34)7-12-23(24)36-14-13-30-17-22(27-29-30)19-5-3-2-4-6-19/h2-12,15-17H,13-14H2,1H3,(H,28,32)/b26-16+. The highest BCUT2D eigenvalue weighted by atomic mass is 16.6. The Bertz CT molecular complexity index is 1370. The van der Waals surface area contributed by atoms with Crippen molar-refractivity contribution in [2.24, 2.45) is 5.10 Å². The van der Waals surface area contributed by atoms with Crippen molar-refractivity contribution in [3.8, 4) is 22.8 Å². The average molecular weight is 486 g/mol.